The lowest BCUT2D eigenvalue weighted by Gasteiger charge is -2.15. The first kappa shape index (κ1) is 16.1. The van der Waals surface area contributed by atoms with Gasteiger partial charge < -0.3 is 5.32 Å². The van der Waals surface area contributed by atoms with Crippen LogP contribution in [0.4, 0.5) is 0 Å². The first-order valence-electron chi connectivity index (χ1n) is 6.60. The Hall–Kier alpha value is -0.910. The van der Waals surface area contributed by atoms with E-state index in [9.17, 15) is 8.42 Å². The molecule has 108 valence electrons. The van der Waals surface area contributed by atoms with Gasteiger partial charge in [-0.15, -0.1) is 0 Å². The van der Waals surface area contributed by atoms with Crippen LogP contribution in [0.5, 0.6) is 0 Å². The molecule has 0 atom stereocenters. The van der Waals surface area contributed by atoms with Crippen molar-refractivity contribution < 1.29 is 8.42 Å². The Bertz CT molecular complexity index is 481. The van der Waals surface area contributed by atoms with E-state index < -0.39 is 10.0 Å². The molecule has 0 radical (unpaired) electrons. The van der Waals surface area contributed by atoms with Crippen LogP contribution in [-0.2, 0) is 22.3 Å². The molecule has 0 fully saturated rings. The Morgan fingerprint density at radius 2 is 1.68 bits per heavy atom. The van der Waals surface area contributed by atoms with Crippen LogP contribution in [-0.4, -0.2) is 32.4 Å². The summed E-state index contributed by atoms with van der Waals surface area (Å²) in [6, 6.07) is 8.17. The van der Waals surface area contributed by atoms with E-state index >= 15 is 0 Å². The van der Waals surface area contributed by atoms with Crippen LogP contribution >= 0.6 is 0 Å². The molecule has 1 aromatic rings. The van der Waals surface area contributed by atoms with E-state index in [1.54, 1.807) is 7.05 Å². The van der Waals surface area contributed by atoms with Crippen LogP contribution in [0.2, 0.25) is 0 Å². The molecule has 0 aliphatic rings. The normalized spacial score (nSPS) is 12.3. The molecule has 0 saturated heterocycles. The third-order valence-corrected chi connectivity index (χ3v) is 4.91. The first-order valence-corrected chi connectivity index (χ1v) is 8.21. The summed E-state index contributed by atoms with van der Waals surface area (Å²) in [4.78, 5) is 0. The zero-order valence-corrected chi connectivity index (χ0v) is 13.0. The minimum Gasteiger partial charge on any atom is -0.310 e. The second-order valence-electron chi connectivity index (χ2n) is 5.02. The van der Waals surface area contributed by atoms with Crippen LogP contribution in [0.15, 0.2) is 24.3 Å². The van der Waals surface area contributed by atoms with Crippen molar-refractivity contribution in [3.8, 4) is 0 Å². The maximum Gasteiger partial charge on any atom is 0.218 e. The molecule has 0 heterocycles. The second kappa shape index (κ2) is 7.03. The van der Waals surface area contributed by atoms with Crippen molar-refractivity contribution in [2.24, 2.45) is 0 Å². The van der Waals surface area contributed by atoms with E-state index in [4.69, 9.17) is 0 Å². The molecule has 0 saturated carbocycles. The van der Waals surface area contributed by atoms with Gasteiger partial charge in [0, 0.05) is 26.2 Å². The van der Waals surface area contributed by atoms with Gasteiger partial charge in [0.15, 0.2) is 0 Å². The van der Waals surface area contributed by atoms with Crippen LogP contribution < -0.4 is 5.32 Å². The highest BCUT2D eigenvalue weighted by Gasteiger charge is 2.16. The highest BCUT2D eigenvalue weighted by atomic mass is 32.2. The predicted octanol–water partition coefficient (Wildman–Crippen LogP) is 1.97. The molecule has 0 spiro atoms. The van der Waals surface area contributed by atoms with Crippen molar-refractivity contribution in [2.75, 3.05) is 13.6 Å². The second-order valence-corrected chi connectivity index (χ2v) is 7.10. The van der Waals surface area contributed by atoms with Crippen molar-refractivity contribution >= 4 is 10.0 Å². The molecule has 1 N–H and O–H groups in total. The fourth-order valence-corrected chi connectivity index (χ4v) is 2.82. The van der Waals surface area contributed by atoms with E-state index in [0.717, 1.165) is 12.1 Å². The minimum absolute atomic E-state index is 0.0647. The van der Waals surface area contributed by atoms with E-state index in [0.29, 0.717) is 12.6 Å². The smallest absolute Gasteiger partial charge is 0.218 e. The maximum atomic E-state index is 11.9. The quantitative estimate of drug-likeness (QED) is 0.833. The van der Waals surface area contributed by atoms with Gasteiger partial charge in [0.2, 0.25) is 10.0 Å². The van der Waals surface area contributed by atoms with Gasteiger partial charge >= 0.3 is 0 Å². The Balaban J connectivity index is 2.67. The van der Waals surface area contributed by atoms with Gasteiger partial charge in [-0.3, -0.25) is 0 Å². The van der Waals surface area contributed by atoms with Crippen LogP contribution in [0.3, 0.4) is 0 Å². The van der Waals surface area contributed by atoms with Crippen LogP contribution in [0.1, 0.15) is 31.9 Å². The molecule has 0 bridgehead atoms. The lowest BCUT2D eigenvalue weighted by atomic mass is 10.1. The number of benzene rings is 1. The highest BCUT2D eigenvalue weighted by molar-refractivity contribution is 7.88. The molecule has 19 heavy (non-hydrogen) atoms. The first-order chi connectivity index (χ1) is 8.85. The molecule has 0 amide bonds. The lowest BCUT2D eigenvalue weighted by Crippen LogP contribution is -2.27. The predicted molar refractivity (Wildman–Crippen MR) is 79.3 cm³/mol. The fraction of sp³-hybridized carbons (Fsp3) is 0.571. The maximum absolute atomic E-state index is 11.9. The average molecular weight is 284 g/mol. The molecule has 0 aliphatic carbocycles. The van der Waals surface area contributed by atoms with Gasteiger partial charge in [-0.2, -0.15) is 0 Å². The number of nitrogens with zero attached hydrogens (tertiary/aromatic N) is 1. The average Bonchev–Trinajstić information content (AvgIpc) is 2.36. The molecule has 0 aliphatic heterocycles. The van der Waals surface area contributed by atoms with E-state index in [-0.39, 0.29) is 5.75 Å². The Kier molecular flexibility index (Phi) is 5.97. The third kappa shape index (κ3) is 5.30. The van der Waals surface area contributed by atoms with Crippen molar-refractivity contribution in [1.82, 2.24) is 9.62 Å². The van der Waals surface area contributed by atoms with Crippen LogP contribution in [0.25, 0.3) is 0 Å². The number of rotatable bonds is 7. The van der Waals surface area contributed by atoms with Crippen molar-refractivity contribution in [3.05, 3.63) is 35.4 Å². The molecule has 5 heteroatoms. The van der Waals surface area contributed by atoms with E-state index in [2.05, 4.69) is 19.2 Å². The summed E-state index contributed by atoms with van der Waals surface area (Å²) in [6.45, 7) is 7.33. The molecular weight excluding hydrogens is 260 g/mol. The summed E-state index contributed by atoms with van der Waals surface area (Å²) in [5.74, 6) is 0.0647. The monoisotopic (exact) mass is 284 g/mol. The van der Waals surface area contributed by atoms with Gasteiger partial charge in [0.05, 0.1) is 5.75 Å². The van der Waals surface area contributed by atoms with E-state index in [1.165, 1.54) is 9.87 Å². The van der Waals surface area contributed by atoms with Gasteiger partial charge in [0.25, 0.3) is 0 Å². The summed E-state index contributed by atoms with van der Waals surface area (Å²) < 4.78 is 25.3. The summed E-state index contributed by atoms with van der Waals surface area (Å²) >= 11 is 0. The molecule has 1 aromatic carbocycles. The Morgan fingerprint density at radius 1 is 1.16 bits per heavy atom. The van der Waals surface area contributed by atoms with Crippen molar-refractivity contribution in [1.29, 1.82) is 0 Å². The number of hydrogen-bond acceptors (Lipinski definition) is 3. The minimum atomic E-state index is -3.18. The number of hydrogen-bond donors (Lipinski definition) is 1. The van der Waals surface area contributed by atoms with Gasteiger partial charge in [0.1, 0.15) is 0 Å². The summed E-state index contributed by atoms with van der Waals surface area (Å²) in [5.41, 5.74) is 1.99. The molecule has 4 nitrogen and oxygen atoms in total. The topological polar surface area (TPSA) is 49.4 Å². The standard InChI is InChI=1S/C14H24N2O2S/c1-5-16(4)19(17,18)11-14-8-6-13(7-9-14)10-15-12(2)3/h6-9,12,15H,5,10-11H2,1-4H3. The zero-order chi connectivity index (χ0) is 14.5. The van der Waals surface area contributed by atoms with E-state index in [1.807, 2.05) is 31.2 Å². The summed E-state index contributed by atoms with van der Waals surface area (Å²) in [7, 11) is -1.58. The third-order valence-electron chi connectivity index (χ3n) is 3.01. The fourth-order valence-electron chi connectivity index (χ4n) is 1.59. The lowest BCUT2D eigenvalue weighted by molar-refractivity contribution is 0.485. The van der Waals surface area contributed by atoms with Gasteiger partial charge in [-0.05, 0) is 11.1 Å². The zero-order valence-electron chi connectivity index (χ0n) is 12.2. The summed E-state index contributed by atoms with van der Waals surface area (Å²) in [5, 5.41) is 3.33. The molecule has 0 unspecified atom stereocenters. The van der Waals surface area contributed by atoms with Gasteiger partial charge in [-0.1, -0.05) is 45.0 Å². The SMILES string of the molecule is CCN(C)S(=O)(=O)Cc1ccc(CNC(C)C)cc1. The van der Waals surface area contributed by atoms with Crippen LogP contribution in [0, 0.1) is 0 Å². The molecular formula is C14H24N2O2S. The van der Waals surface area contributed by atoms with Crippen molar-refractivity contribution in [3.63, 3.8) is 0 Å². The Morgan fingerprint density at radius 3 is 2.16 bits per heavy atom. The van der Waals surface area contributed by atoms with Gasteiger partial charge in [-0.25, -0.2) is 12.7 Å². The largest absolute Gasteiger partial charge is 0.310 e. The molecule has 1 rings (SSSR count). The Labute approximate surface area is 116 Å². The van der Waals surface area contributed by atoms with Crippen molar-refractivity contribution in [2.45, 2.75) is 39.1 Å². The molecule has 0 aromatic heterocycles. The number of sulfonamides is 1. The highest BCUT2D eigenvalue weighted by Crippen LogP contribution is 2.11. The summed E-state index contributed by atoms with van der Waals surface area (Å²) in [6.07, 6.45) is 0. The number of nitrogens with one attached hydrogen (secondary N) is 1.